The van der Waals surface area contributed by atoms with Crippen LogP contribution in [0, 0.1) is 11.7 Å². The molecule has 32 heavy (non-hydrogen) atoms. The van der Waals surface area contributed by atoms with Gasteiger partial charge in [0.15, 0.2) is 6.61 Å². The summed E-state index contributed by atoms with van der Waals surface area (Å²) >= 11 is 5.58. The Morgan fingerprint density at radius 3 is 2.62 bits per heavy atom. The molecule has 0 radical (unpaired) electrons. The summed E-state index contributed by atoms with van der Waals surface area (Å²) in [6.07, 6.45) is -5.10. The maximum atomic E-state index is 13.4. The van der Waals surface area contributed by atoms with E-state index in [9.17, 15) is 27.2 Å². The van der Waals surface area contributed by atoms with Crippen molar-refractivity contribution in [1.82, 2.24) is 10.2 Å². The first-order chi connectivity index (χ1) is 15.1. The highest BCUT2D eigenvalue weighted by molar-refractivity contribution is 6.30. The molecule has 1 N–H and O–H groups in total. The van der Waals surface area contributed by atoms with Gasteiger partial charge in [-0.15, -0.1) is 13.2 Å². The van der Waals surface area contributed by atoms with Crippen LogP contribution in [0.5, 0.6) is 5.75 Å². The minimum absolute atomic E-state index is 0.0418. The van der Waals surface area contributed by atoms with Gasteiger partial charge in [-0.25, -0.2) is 4.39 Å². The normalized spacial score (nSPS) is 23.0. The number of halogens is 5. The van der Waals surface area contributed by atoms with Crippen molar-refractivity contribution in [2.75, 3.05) is 32.8 Å². The van der Waals surface area contributed by atoms with E-state index in [-0.39, 0.29) is 54.6 Å². The summed E-state index contributed by atoms with van der Waals surface area (Å²) in [7, 11) is 0. The third-order valence-corrected chi connectivity index (χ3v) is 5.59. The molecule has 1 aliphatic carbocycles. The second kappa shape index (κ2) is 10.7. The van der Waals surface area contributed by atoms with E-state index >= 15 is 0 Å². The first kappa shape index (κ1) is 24.5. The molecule has 0 aromatic heterocycles. The summed E-state index contributed by atoms with van der Waals surface area (Å²) in [5, 5.41) is 2.67. The molecule has 178 valence electrons. The van der Waals surface area contributed by atoms with Crippen LogP contribution < -0.4 is 10.1 Å². The number of amides is 2. The fourth-order valence-electron chi connectivity index (χ4n) is 3.47. The topological polar surface area (TPSA) is 77.1 Å². The van der Waals surface area contributed by atoms with E-state index in [4.69, 9.17) is 21.1 Å². The van der Waals surface area contributed by atoms with E-state index < -0.39 is 24.4 Å². The van der Waals surface area contributed by atoms with Crippen molar-refractivity contribution < 1.29 is 41.4 Å². The molecular formula is C20H23ClF4N2O5. The van der Waals surface area contributed by atoms with Gasteiger partial charge in [0.25, 0.3) is 5.91 Å². The Hall–Kier alpha value is -2.11. The number of hydrogen-bond donors (Lipinski definition) is 1. The van der Waals surface area contributed by atoms with Gasteiger partial charge in [-0.3, -0.25) is 14.3 Å². The molecule has 0 unspecified atom stereocenters. The maximum Gasteiger partial charge on any atom is 0.522 e. The fourth-order valence-corrected chi connectivity index (χ4v) is 3.59. The smallest absolute Gasteiger partial charge is 0.484 e. The largest absolute Gasteiger partial charge is 0.522 e. The molecule has 12 heteroatoms. The number of ether oxygens (including phenoxy) is 3. The number of nitrogens with zero attached hydrogens (tertiary/aromatic N) is 1. The van der Waals surface area contributed by atoms with Crippen LogP contribution in [0.2, 0.25) is 5.02 Å². The van der Waals surface area contributed by atoms with E-state index in [0.717, 1.165) is 6.07 Å². The van der Waals surface area contributed by atoms with E-state index in [1.165, 1.54) is 12.1 Å². The molecule has 0 bridgehead atoms. The van der Waals surface area contributed by atoms with Crippen LogP contribution in [0.25, 0.3) is 0 Å². The molecule has 1 aliphatic heterocycles. The number of carbonyl (C=O) groups excluding carboxylic acids is 2. The quantitative estimate of drug-likeness (QED) is 0.548. The Morgan fingerprint density at radius 1 is 1.19 bits per heavy atom. The van der Waals surface area contributed by atoms with E-state index in [2.05, 4.69) is 10.1 Å². The van der Waals surface area contributed by atoms with Crippen molar-refractivity contribution in [2.45, 2.75) is 37.8 Å². The molecule has 1 saturated heterocycles. The molecule has 2 aliphatic rings. The van der Waals surface area contributed by atoms with Gasteiger partial charge in [-0.1, -0.05) is 11.6 Å². The molecule has 1 heterocycles. The Morgan fingerprint density at radius 2 is 1.94 bits per heavy atom. The number of nitrogens with one attached hydrogen (secondary N) is 1. The first-order valence-corrected chi connectivity index (χ1v) is 10.5. The lowest BCUT2D eigenvalue weighted by atomic mass is 9.92. The van der Waals surface area contributed by atoms with Crippen LogP contribution in [0.3, 0.4) is 0 Å². The molecule has 7 nitrogen and oxygen atoms in total. The lowest BCUT2D eigenvalue weighted by Crippen LogP contribution is -2.42. The maximum absolute atomic E-state index is 13.4. The van der Waals surface area contributed by atoms with Crippen LogP contribution in [0.1, 0.15) is 19.3 Å². The fraction of sp³-hybridized carbons (Fsp3) is 0.600. The van der Waals surface area contributed by atoms with Crippen LogP contribution >= 0.6 is 11.6 Å². The Kier molecular flexibility index (Phi) is 8.18. The molecule has 0 spiro atoms. The number of benzene rings is 1. The van der Waals surface area contributed by atoms with Crippen LogP contribution in [0.4, 0.5) is 17.6 Å². The number of rotatable bonds is 9. The SMILES string of the molecule is O=C(COc1ccc(Cl)c(F)c1)NC[C@H]1CCN(C(=O)COC2CC(OC(F)(F)F)C2)C1. The molecule has 1 aromatic carbocycles. The highest BCUT2D eigenvalue weighted by atomic mass is 35.5. The van der Waals surface area contributed by atoms with Crippen LogP contribution in [-0.4, -0.2) is 68.1 Å². The lowest BCUT2D eigenvalue weighted by molar-refractivity contribution is -0.357. The molecule has 3 rings (SSSR count). The molecule has 1 aromatic rings. The minimum atomic E-state index is -4.66. The van der Waals surface area contributed by atoms with Gasteiger partial charge in [0.05, 0.1) is 17.2 Å². The van der Waals surface area contributed by atoms with Gasteiger partial charge in [-0.2, -0.15) is 0 Å². The molecule has 2 amide bonds. The molecule has 2 fully saturated rings. The monoisotopic (exact) mass is 482 g/mol. The number of hydrogen-bond acceptors (Lipinski definition) is 5. The van der Waals surface area contributed by atoms with Crippen LogP contribution in [-0.2, 0) is 19.1 Å². The zero-order chi connectivity index (χ0) is 23.3. The number of carbonyl (C=O) groups is 2. The highest BCUT2D eigenvalue weighted by Gasteiger charge is 2.41. The summed E-state index contributed by atoms with van der Waals surface area (Å²) in [4.78, 5) is 25.8. The zero-order valence-corrected chi connectivity index (χ0v) is 17.8. The molecular weight excluding hydrogens is 460 g/mol. The average molecular weight is 483 g/mol. The van der Waals surface area contributed by atoms with Gasteiger partial charge in [0.2, 0.25) is 5.91 Å². The van der Waals surface area contributed by atoms with E-state index in [1.807, 2.05) is 0 Å². The Labute approximate surface area is 186 Å². The van der Waals surface area contributed by atoms with Crippen molar-refractivity contribution >= 4 is 23.4 Å². The second-order valence-electron chi connectivity index (χ2n) is 7.75. The molecule has 1 atom stereocenters. The predicted octanol–water partition coefficient (Wildman–Crippen LogP) is 2.91. The summed E-state index contributed by atoms with van der Waals surface area (Å²) in [6.45, 7) is 0.809. The number of alkyl halides is 3. The third kappa shape index (κ3) is 7.49. The zero-order valence-electron chi connectivity index (χ0n) is 17.0. The molecule has 1 saturated carbocycles. The summed E-state index contributed by atoms with van der Waals surface area (Å²) in [5.74, 6) is -1.02. The van der Waals surface area contributed by atoms with Gasteiger partial charge in [-0.05, 0) is 24.5 Å². The first-order valence-electron chi connectivity index (χ1n) is 10.1. The number of likely N-dealkylation sites (tertiary alicyclic amines) is 1. The van der Waals surface area contributed by atoms with Crippen molar-refractivity contribution in [3.05, 3.63) is 29.0 Å². The second-order valence-corrected chi connectivity index (χ2v) is 8.16. The Bertz CT molecular complexity index is 820. The highest BCUT2D eigenvalue weighted by Crippen LogP contribution is 2.32. The van der Waals surface area contributed by atoms with Crippen molar-refractivity contribution in [1.29, 1.82) is 0 Å². The van der Waals surface area contributed by atoms with E-state index in [0.29, 0.717) is 26.1 Å². The summed E-state index contributed by atoms with van der Waals surface area (Å²) in [5.41, 5.74) is 0. The average Bonchev–Trinajstić information content (AvgIpc) is 3.17. The van der Waals surface area contributed by atoms with Crippen molar-refractivity contribution in [3.8, 4) is 5.75 Å². The van der Waals surface area contributed by atoms with Crippen molar-refractivity contribution in [3.63, 3.8) is 0 Å². The van der Waals surface area contributed by atoms with Gasteiger partial charge < -0.3 is 19.7 Å². The van der Waals surface area contributed by atoms with Gasteiger partial charge >= 0.3 is 6.36 Å². The lowest BCUT2D eigenvalue weighted by Gasteiger charge is -2.35. The minimum Gasteiger partial charge on any atom is -0.484 e. The van der Waals surface area contributed by atoms with Gasteiger partial charge in [0, 0.05) is 38.5 Å². The van der Waals surface area contributed by atoms with Crippen LogP contribution in [0.15, 0.2) is 18.2 Å². The van der Waals surface area contributed by atoms with Crippen molar-refractivity contribution in [2.24, 2.45) is 5.92 Å². The third-order valence-electron chi connectivity index (χ3n) is 5.28. The summed E-state index contributed by atoms with van der Waals surface area (Å²) in [6, 6.07) is 3.87. The predicted molar refractivity (Wildman–Crippen MR) is 105 cm³/mol. The summed E-state index contributed by atoms with van der Waals surface area (Å²) < 4.78 is 64.1. The Balaban J connectivity index is 1.27. The van der Waals surface area contributed by atoms with Gasteiger partial charge in [0.1, 0.15) is 18.2 Å². The standard InChI is InChI=1S/C20H23ClF4N2O5/c21-16-2-1-13(7-17(16)22)30-10-18(28)26-8-12-3-4-27(9-12)19(29)11-31-14-5-15(6-14)32-20(23,24)25/h1-2,7,12,14-15H,3-6,8-11H2,(H,26,28)/t12-,14?,15?/m1/s1. The van der Waals surface area contributed by atoms with E-state index in [1.54, 1.807) is 4.90 Å².